The summed E-state index contributed by atoms with van der Waals surface area (Å²) >= 11 is 0. The summed E-state index contributed by atoms with van der Waals surface area (Å²) in [6.45, 7) is 0.260. The van der Waals surface area contributed by atoms with Gasteiger partial charge in [-0.3, -0.25) is 19.6 Å². The van der Waals surface area contributed by atoms with Crippen molar-refractivity contribution >= 4 is 17.8 Å². The van der Waals surface area contributed by atoms with Gasteiger partial charge in [-0.05, 0) is 24.3 Å². The number of H-pyrrole nitrogens is 1. The largest absolute Gasteiger partial charge is 0.341 e. The highest BCUT2D eigenvalue weighted by atomic mass is 19.1. The van der Waals surface area contributed by atoms with Crippen molar-refractivity contribution in [3.05, 3.63) is 41.8 Å². The summed E-state index contributed by atoms with van der Waals surface area (Å²) in [5.74, 6) is -0.994. The highest BCUT2D eigenvalue weighted by Crippen LogP contribution is 2.23. The summed E-state index contributed by atoms with van der Waals surface area (Å²) in [5, 5.41) is 6.87. The average Bonchev–Trinajstić information content (AvgIpc) is 3.17. The second-order valence-corrected chi connectivity index (χ2v) is 6.54. The average molecular weight is 373 g/mol. The van der Waals surface area contributed by atoms with E-state index in [9.17, 15) is 18.8 Å². The molecule has 0 saturated carbocycles. The molecular weight excluding hydrogens is 353 g/mol. The van der Waals surface area contributed by atoms with Crippen molar-refractivity contribution in [3.63, 3.8) is 0 Å². The molecule has 1 aliphatic rings. The number of halogens is 1. The molecule has 142 valence electrons. The highest BCUT2D eigenvalue weighted by molar-refractivity contribution is 6.05. The molecule has 0 bridgehead atoms. The van der Waals surface area contributed by atoms with Crippen LogP contribution in [0.25, 0.3) is 11.3 Å². The number of hydrogen-bond acceptors (Lipinski definition) is 4. The molecule has 1 N–H and O–H groups in total. The van der Waals surface area contributed by atoms with Gasteiger partial charge >= 0.3 is 6.03 Å². The maximum absolute atomic E-state index is 13.1. The molecule has 0 radical (unpaired) electrons. The number of carbonyl (C=O) groups excluding carboxylic acids is 3. The smallest absolute Gasteiger partial charge is 0.326 e. The predicted molar refractivity (Wildman–Crippen MR) is 94.8 cm³/mol. The van der Waals surface area contributed by atoms with Gasteiger partial charge < -0.3 is 9.80 Å². The fourth-order valence-corrected chi connectivity index (χ4v) is 3.04. The van der Waals surface area contributed by atoms with Crippen LogP contribution >= 0.6 is 0 Å². The number of nitrogens with one attached hydrogen (secondary N) is 1. The minimum atomic E-state index is -0.793. The Morgan fingerprint density at radius 3 is 2.52 bits per heavy atom. The Labute approximate surface area is 155 Å². The lowest BCUT2D eigenvalue weighted by molar-refractivity contribution is -0.135. The summed E-state index contributed by atoms with van der Waals surface area (Å²) in [4.78, 5) is 40.3. The van der Waals surface area contributed by atoms with E-state index in [0.717, 1.165) is 16.0 Å². The van der Waals surface area contributed by atoms with Crippen LogP contribution in [0.4, 0.5) is 9.18 Å². The number of hydrogen-bond donors (Lipinski definition) is 1. The minimum Gasteiger partial charge on any atom is -0.341 e. The van der Waals surface area contributed by atoms with E-state index in [4.69, 9.17) is 0 Å². The molecule has 8 nitrogen and oxygen atoms in total. The first-order chi connectivity index (χ1) is 12.8. The first kappa shape index (κ1) is 18.6. The Balaban J connectivity index is 1.69. The Bertz CT molecular complexity index is 879. The molecule has 1 aliphatic heterocycles. The molecule has 27 heavy (non-hydrogen) atoms. The maximum Gasteiger partial charge on any atom is 0.326 e. The minimum absolute atomic E-state index is 0.0916. The molecule has 1 aromatic heterocycles. The fourth-order valence-electron chi connectivity index (χ4n) is 3.04. The topological polar surface area (TPSA) is 89.6 Å². The maximum atomic E-state index is 13.1. The second kappa shape index (κ2) is 7.18. The van der Waals surface area contributed by atoms with E-state index < -0.39 is 12.1 Å². The molecule has 9 heteroatoms. The molecular formula is C18H20FN5O3. The number of aromatic nitrogens is 2. The number of nitrogens with zero attached hydrogens (tertiary/aromatic N) is 4. The van der Waals surface area contributed by atoms with Crippen LogP contribution in [0.2, 0.25) is 0 Å². The van der Waals surface area contributed by atoms with Crippen molar-refractivity contribution in [1.29, 1.82) is 0 Å². The second-order valence-electron chi connectivity index (χ2n) is 6.54. The zero-order valence-electron chi connectivity index (χ0n) is 15.3. The summed E-state index contributed by atoms with van der Waals surface area (Å²) in [6, 6.07) is 4.74. The fraction of sp³-hybridized carbons (Fsp3) is 0.333. The molecule has 1 fully saturated rings. The number of benzene rings is 1. The van der Waals surface area contributed by atoms with Crippen LogP contribution in [0.3, 0.4) is 0 Å². The summed E-state index contributed by atoms with van der Waals surface area (Å²) in [7, 11) is 4.52. The number of carbonyl (C=O) groups is 3. The van der Waals surface area contributed by atoms with Crippen LogP contribution in [-0.2, 0) is 16.1 Å². The van der Waals surface area contributed by atoms with Gasteiger partial charge in [-0.2, -0.15) is 5.10 Å². The lowest BCUT2D eigenvalue weighted by atomic mass is 10.1. The molecule has 3 rings (SSSR count). The van der Waals surface area contributed by atoms with Crippen molar-refractivity contribution in [2.75, 3.05) is 21.1 Å². The Kier molecular flexibility index (Phi) is 4.93. The molecule has 4 amide bonds. The lowest BCUT2D eigenvalue weighted by Crippen LogP contribution is -2.38. The molecule has 2 aromatic rings. The Morgan fingerprint density at radius 2 is 1.93 bits per heavy atom. The SMILES string of the molecule is CN(Cc1cn[nH]c1-c1ccc(F)cc1)C(=O)C[C@H]1C(=O)N(C)C(=O)N1C. The van der Waals surface area contributed by atoms with Crippen LogP contribution < -0.4 is 0 Å². The van der Waals surface area contributed by atoms with Gasteiger partial charge in [0.1, 0.15) is 11.9 Å². The first-order valence-electron chi connectivity index (χ1n) is 8.36. The number of rotatable bonds is 5. The molecule has 1 saturated heterocycles. The van der Waals surface area contributed by atoms with Crippen molar-refractivity contribution in [2.24, 2.45) is 0 Å². The Hall–Kier alpha value is -3.23. The van der Waals surface area contributed by atoms with Crippen molar-refractivity contribution < 1.29 is 18.8 Å². The van der Waals surface area contributed by atoms with E-state index in [-0.39, 0.29) is 30.6 Å². The number of amides is 4. The third-order valence-corrected chi connectivity index (χ3v) is 4.72. The Morgan fingerprint density at radius 1 is 1.26 bits per heavy atom. The molecule has 2 heterocycles. The van der Waals surface area contributed by atoms with Crippen molar-refractivity contribution in [2.45, 2.75) is 19.0 Å². The number of imide groups is 1. The van der Waals surface area contributed by atoms with E-state index in [2.05, 4.69) is 10.2 Å². The van der Waals surface area contributed by atoms with Crippen molar-refractivity contribution in [1.82, 2.24) is 24.9 Å². The highest BCUT2D eigenvalue weighted by Gasteiger charge is 2.42. The van der Waals surface area contributed by atoms with Crippen LogP contribution in [0.5, 0.6) is 0 Å². The van der Waals surface area contributed by atoms with Gasteiger partial charge in [0.2, 0.25) is 5.91 Å². The molecule has 0 spiro atoms. The van der Waals surface area contributed by atoms with Gasteiger partial charge in [0.15, 0.2) is 0 Å². The van der Waals surface area contributed by atoms with Gasteiger partial charge in [-0.25, -0.2) is 9.18 Å². The first-order valence-corrected chi connectivity index (χ1v) is 8.36. The van der Waals surface area contributed by atoms with E-state index >= 15 is 0 Å². The van der Waals surface area contributed by atoms with Gasteiger partial charge in [-0.15, -0.1) is 0 Å². The summed E-state index contributed by atoms with van der Waals surface area (Å²) < 4.78 is 13.1. The van der Waals surface area contributed by atoms with E-state index in [0.29, 0.717) is 5.69 Å². The summed E-state index contributed by atoms with van der Waals surface area (Å²) in [6.07, 6.45) is 1.51. The normalized spacial score (nSPS) is 17.0. The molecule has 1 atom stereocenters. The standard InChI is InChI=1S/C18H20FN5O3/c1-22(15(25)8-14-17(26)24(3)18(27)23(14)2)10-12-9-20-21-16(12)11-4-6-13(19)7-5-11/h4-7,9,14H,8,10H2,1-3H3,(H,20,21)/t14-/m0/s1. The monoisotopic (exact) mass is 373 g/mol. The molecule has 0 aliphatic carbocycles. The van der Waals surface area contributed by atoms with Crippen LogP contribution in [0.1, 0.15) is 12.0 Å². The predicted octanol–water partition coefficient (Wildman–Crippen LogP) is 1.46. The van der Waals surface area contributed by atoms with E-state index in [1.54, 1.807) is 25.4 Å². The van der Waals surface area contributed by atoms with Crippen LogP contribution in [0, 0.1) is 5.82 Å². The zero-order chi connectivity index (χ0) is 19.7. The van der Waals surface area contributed by atoms with Crippen LogP contribution in [-0.4, -0.2) is 69.9 Å². The van der Waals surface area contributed by atoms with Gasteiger partial charge in [0.25, 0.3) is 5.91 Å². The molecule has 0 unspecified atom stereocenters. The molecule has 1 aromatic carbocycles. The van der Waals surface area contributed by atoms with Gasteiger partial charge in [0, 0.05) is 38.8 Å². The quantitative estimate of drug-likeness (QED) is 0.804. The zero-order valence-corrected chi connectivity index (χ0v) is 15.3. The van der Waals surface area contributed by atoms with Crippen LogP contribution in [0.15, 0.2) is 30.5 Å². The third-order valence-electron chi connectivity index (χ3n) is 4.72. The lowest BCUT2D eigenvalue weighted by Gasteiger charge is -2.21. The van der Waals surface area contributed by atoms with E-state index in [1.807, 2.05) is 0 Å². The number of aromatic amines is 1. The number of likely N-dealkylation sites (N-methyl/N-ethyl adjacent to an activating group) is 2. The summed E-state index contributed by atoms with van der Waals surface area (Å²) in [5.41, 5.74) is 2.21. The number of urea groups is 1. The van der Waals surface area contributed by atoms with Crippen molar-refractivity contribution in [3.8, 4) is 11.3 Å². The van der Waals surface area contributed by atoms with Gasteiger partial charge in [-0.1, -0.05) is 0 Å². The van der Waals surface area contributed by atoms with E-state index in [1.165, 1.54) is 36.0 Å². The van der Waals surface area contributed by atoms with Gasteiger partial charge in [0.05, 0.1) is 18.3 Å². The third kappa shape index (κ3) is 3.53.